The lowest BCUT2D eigenvalue weighted by Crippen LogP contribution is -2.31. The standard InChI is InChI=1S/C8H15N5/c1-5(7-3-4-7)9-6(2)8-10-12-13-11-8/h5-7,9H,3-4H2,1-2H3,(H,10,11,12,13). The molecule has 2 unspecified atom stereocenters. The summed E-state index contributed by atoms with van der Waals surface area (Å²) in [5, 5.41) is 17.3. The van der Waals surface area contributed by atoms with E-state index < -0.39 is 0 Å². The van der Waals surface area contributed by atoms with Gasteiger partial charge < -0.3 is 5.32 Å². The summed E-state index contributed by atoms with van der Waals surface area (Å²) in [6, 6.07) is 0.753. The predicted molar refractivity (Wildman–Crippen MR) is 47.9 cm³/mol. The van der Waals surface area contributed by atoms with Crippen molar-refractivity contribution in [1.82, 2.24) is 25.9 Å². The maximum absolute atomic E-state index is 3.94. The summed E-state index contributed by atoms with van der Waals surface area (Å²) in [6.45, 7) is 4.28. The fourth-order valence-corrected chi connectivity index (χ4v) is 1.55. The van der Waals surface area contributed by atoms with Gasteiger partial charge >= 0.3 is 0 Å². The lowest BCUT2D eigenvalue weighted by Gasteiger charge is -2.16. The quantitative estimate of drug-likeness (QED) is 0.715. The Morgan fingerprint density at radius 2 is 2.23 bits per heavy atom. The zero-order valence-corrected chi connectivity index (χ0v) is 7.99. The fraction of sp³-hybridized carbons (Fsp3) is 0.875. The number of hydrogen-bond acceptors (Lipinski definition) is 4. The number of rotatable bonds is 4. The van der Waals surface area contributed by atoms with E-state index in [2.05, 4.69) is 39.8 Å². The molecule has 2 N–H and O–H groups in total. The highest BCUT2D eigenvalue weighted by molar-refractivity contribution is 4.91. The fourth-order valence-electron chi connectivity index (χ4n) is 1.55. The molecule has 1 saturated carbocycles. The Hall–Kier alpha value is -0.970. The van der Waals surface area contributed by atoms with Crippen LogP contribution in [0.15, 0.2) is 0 Å². The van der Waals surface area contributed by atoms with Crippen molar-refractivity contribution in [3.05, 3.63) is 5.82 Å². The van der Waals surface area contributed by atoms with Crippen LogP contribution in [0.4, 0.5) is 0 Å². The number of nitrogens with one attached hydrogen (secondary N) is 2. The van der Waals surface area contributed by atoms with Crippen molar-refractivity contribution < 1.29 is 0 Å². The molecule has 5 heteroatoms. The number of H-pyrrole nitrogens is 1. The van der Waals surface area contributed by atoms with Crippen LogP contribution in [0.5, 0.6) is 0 Å². The molecule has 13 heavy (non-hydrogen) atoms. The van der Waals surface area contributed by atoms with Gasteiger partial charge in [0.1, 0.15) is 0 Å². The third-order valence-corrected chi connectivity index (χ3v) is 2.59. The number of tetrazole rings is 1. The summed E-state index contributed by atoms with van der Waals surface area (Å²) in [6.07, 6.45) is 2.71. The molecule has 0 bridgehead atoms. The summed E-state index contributed by atoms with van der Waals surface area (Å²) < 4.78 is 0. The van der Waals surface area contributed by atoms with E-state index in [1.807, 2.05) is 0 Å². The zero-order chi connectivity index (χ0) is 9.26. The van der Waals surface area contributed by atoms with Crippen LogP contribution in [-0.4, -0.2) is 26.7 Å². The molecular weight excluding hydrogens is 166 g/mol. The van der Waals surface area contributed by atoms with Crippen molar-refractivity contribution in [1.29, 1.82) is 0 Å². The van der Waals surface area contributed by atoms with Crippen molar-refractivity contribution in [3.63, 3.8) is 0 Å². The number of aromatic amines is 1. The van der Waals surface area contributed by atoms with E-state index in [-0.39, 0.29) is 6.04 Å². The Kier molecular flexibility index (Phi) is 2.26. The minimum Gasteiger partial charge on any atom is -0.305 e. The molecule has 0 saturated heterocycles. The second kappa shape index (κ2) is 3.41. The van der Waals surface area contributed by atoms with Crippen molar-refractivity contribution in [2.45, 2.75) is 38.8 Å². The smallest absolute Gasteiger partial charge is 0.191 e. The van der Waals surface area contributed by atoms with Crippen LogP contribution in [0.1, 0.15) is 38.6 Å². The van der Waals surface area contributed by atoms with Gasteiger partial charge in [-0.05, 0) is 32.6 Å². The molecule has 1 aliphatic rings. The first-order valence-electron chi connectivity index (χ1n) is 4.76. The molecule has 1 aliphatic carbocycles. The first-order chi connectivity index (χ1) is 6.27. The van der Waals surface area contributed by atoms with Crippen LogP contribution < -0.4 is 5.32 Å². The maximum atomic E-state index is 3.94. The third kappa shape index (κ3) is 2.03. The molecule has 0 aromatic carbocycles. The molecule has 1 heterocycles. The normalized spacial score (nSPS) is 21.4. The number of hydrogen-bond donors (Lipinski definition) is 2. The van der Waals surface area contributed by atoms with Gasteiger partial charge in [0.25, 0.3) is 0 Å². The zero-order valence-electron chi connectivity index (χ0n) is 7.99. The van der Waals surface area contributed by atoms with Crippen molar-refractivity contribution >= 4 is 0 Å². The molecule has 0 radical (unpaired) electrons. The van der Waals surface area contributed by atoms with Gasteiger partial charge in [0.15, 0.2) is 5.82 Å². The summed E-state index contributed by atoms with van der Waals surface area (Å²) >= 11 is 0. The largest absolute Gasteiger partial charge is 0.305 e. The molecule has 5 nitrogen and oxygen atoms in total. The summed E-state index contributed by atoms with van der Waals surface area (Å²) in [7, 11) is 0. The Labute approximate surface area is 77.3 Å². The molecule has 0 aliphatic heterocycles. The van der Waals surface area contributed by atoms with Crippen LogP contribution in [0.3, 0.4) is 0 Å². The Bertz CT molecular complexity index is 254. The van der Waals surface area contributed by atoms with E-state index >= 15 is 0 Å². The minimum absolute atomic E-state index is 0.189. The molecule has 72 valence electrons. The molecule has 1 aromatic heterocycles. The molecule has 2 atom stereocenters. The van der Waals surface area contributed by atoms with Crippen molar-refractivity contribution in [2.75, 3.05) is 0 Å². The van der Waals surface area contributed by atoms with Crippen LogP contribution in [0.25, 0.3) is 0 Å². The summed E-state index contributed by atoms with van der Waals surface area (Å²) in [4.78, 5) is 0. The molecule has 1 fully saturated rings. The van der Waals surface area contributed by atoms with Crippen molar-refractivity contribution in [3.8, 4) is 0 Å². The van der Waals surface area contributed by atoms with E-state index in [4.69, 9.17) is 0 Å². The second-order valence-electron chi connectivity index (χ2n) is 3.78. The highest BCUT2D eigenvalue weighted by atomic mass is 15.5. The van der Waals surface area contributed by atoms with E-state index in [9.17, 15) is 0 Å². The first-order valence-corrected chi connectivity index (χ1v) is 4.76. The van der Waals surface area contributed by atoms with Gasteiger partial charge in [0.2, 0.25) is 0 Å². The minimum atomic E-state index is 0.189. The summed E-state index contributed by atoms with van der Waals surface area (Å²) in [5.41, 5.74) is 0. The van der Waals surface area contributed by atoms with Gasteiger partial charge in [-0.2, -0.15) is 5.21 Å². The highest BCUT2D eigenvalue weighted by Crippen LogP contribution is 2.33. The topological polar surface area (TPSA) is 66.5 Å². The Morgan fingerprint density at radius 3 is 2.77 bits per heavy atom. The van der Waals surface area contributed by atoms with Gasteiger partial charge in [0, 0.05) is 6.04 Å². The van der Waals surface area contributed by atoms with E-state index in [1.165, 1.54) is 12.8 Å². The average Bonchev–Trinajstić information content (AvgIpc) is 2.81. The van der Waals surface area contributed by atoms with Crippen LogP contribution in [0.2, 0.25) is 0 Å². The van der Waals surface area contributed by atoms with Crippen LogP contribution in [0, 0.1) is 5.92 Å². The Balaban J connectivity index is 1.87. The average molecular weight is 181 g/mol. The van der Waals surface area contributed by atoms with Crippen molar-refractivity contribution in [2.24, 2.45) is 5.92 Å². The van der Waals surface area contributed by atoms with Gasteiger partial charge in [-0.3, -0.25) is 0 Å². The summed E-state index contributed by atoms with van der Waals surface area (Å²) in [5.74, 6) is 1.60. The number of aromatic nitrogens is 4. The third-order valence-electron chi connectivity index (χ3n) is 2.59. The Morgan fingerprint density at radius 1 is 1.46 bits per heavy atom. The predicted octanol–water partition coefficient (Wildman–Crippen LogP) is 0.649. The molecular formula is C8H15N5. The van der Waals surface area contributed by atoms with Gasteiger partial charge in [-0.25, -0.2) is 0 Å². The second-order valence-corrected chi connectivity index (χ2v) is 3.78. The first kappa shape index (κ1) is 8.62. The van der Waals surface area contributed by atoms with Crippen LogP contribution >= 0.6 is 0 Å². The molecule has 0 spiro atoms. The molecule has 1 aromatic rings. The SMILES string of the molecule is CC(NC(C)C1CC1)c1nn[nH]n1. The number of nitrogens with zero attached hydrogens (tertiary/aromatic N) is 3. The van der Waals surface area contributed by atoms with E-state index in [0.717, 1.165) is 11.7 Å². The molecule has 0 amide bonds. The van der Waals surface area contributed by atoms with E-state index in [0.29, 0.717) is 6.04 Å². The van der Waals surface area contributed by atoms with E-state index in [1.54, 1.807) is 0 Å². The lowest BCUT2D eigenvalue weighted by atomic mass is 10.2. The highest BCUT2D eigenvalue weighted by Gasteiger charge is 2.29. The van der Waals surface area contributed by atoms with Gasteiger partial charge in [-0.15, -0.1) is 10.2 Å². The van der Waals surface area contributed by atoms with Gasteiger partial charge in [-0.1, -0.05) is 5.21 Å². The molecule has 2 rings (SSSR count). The monoisotopic (exact) mass is 181 g/mol. The maximum Gasteiger partial charge on any atom is 0.191 e. The van der Waals surface area contributed by atoms with Gasteiger partial charge in [0.05, 0.1) is 6.04 Å². The lowest BCUT2D eigenvalue weighted by molar-refractivity contribution is 0.429. The van der Waals surface area contributed by atoms with Crippen LogP contribution in [-0.2, 0) is 0 Å².